The predicted octanol–water partition coefficient (Wildman–Crippen LogP) is 3.68. The molecule has 3 nitrogen and oxygen atoms in total. The minimum absolute atomic E-state index is 0. The first-order chi connectivity index (χ1) is 7.94. The maximum Gasteiger partial charge on any atom is 0.339 e. The molecule has 1 aromatic carbocycles. The minimum Gasteiger partial charge on any atom is -0.507 e. The van der Waals surface area contributed by atoms with Gasteiger partial charge in [0.2, 0.25) is 0 Å². The van der Waals surface area contributed by atoms with Crippen molar-refractivity contribution in [3.05, 3.63) is 28.8 Å². The van der Waals surface area contributed by atoms with Gasteiger partial charge < -0.3 is 10.2 Å². The first-order valence-electron chi connectivity index (χ1n) is 6.06. The van der Waals surface area contributed by atoms with E-state index in [1.165, 1.54) is 0 Å². The van der Waals surface area contributed by atoms with Crippen LogP contribution in [0.5, 0.6) is 5.75 Å². The molecule has 0 spiro atoms. The fourth-order valence-corrected chi connectivity index (χ4v) is 1.80. The molecule has 0 aromatic heterocycles. The molecule has 0 aliphatic heterocycles. The maximum atomic E-state index is 11.2. The fraction of sp³-hybridized carbons (Fsp3) is 0.533. The van der Waals surface area contributed by atoms with Crippen LogP contribution in [0.1, 0.15) is 63.0 Å². The molecule has 0 bridgehead atoms. The van der Waals surface area contributed by atoms with Gasteiger partial charge in [-0.15, -0.1) is 0 Å². The Hall–Kier alpha value is -0.822. The van der Waals surface area contributed by atoms with Crippen molar-refractivity contribution < 1.29 is 36.1 Å². The van der Waals surface area contributed by atoms with Gasteiger partial charge in [0.15, 0.2) is 0 Å². The molecule has 1 rings (SSSR count). The van der Waals surface area contributed by atoms with Gasteiger partial charge in [-0.05, 0) is 22.5 Å². The number of carboxylic acids is 1. The number of phenols is 1. The topological polar surface area (TPSA) is 57.5 Å². The van der Waals surface area contributed by atoms with Crippen LogP contribution in [0.15, 0.2) is 12.1 Å². The molecule has 2 N–H and O–H groups in total. The number of rotatable bonds is 1. The summed E-state index contributed by atoms with van der Waals surface area (Å²) in [7, 11) is 0. The first-order valence-corrected chi connectivity index (χ1v) is 6.06. The van der Waals surface area contributed by atoms with E-state index in [0.29, 0.717) is 5.56 Å². The van der Waals surface area contributed by atoms with Gasteiger partial charge in [-0.25, -0.2) is 4.79 Å². The Kier molecular flexibility index (Phi) is 5.42. The average Bonchev–Trinajstić information content (AvgIpc) is 2.13. The zero-order valence-electron chi connectivity index (χ0n) is 12.4. The summed E-state index contributed by atoms with van der Waals surface area (Å²) in [5.74, 6) is -1.22. The molecular formula is C15H22O3W. The standard InChI is InChI=1S/C15H22O3.W/c1-14(2,3)9-7-10(13(17)18)12(16)11(8-9)15(4,5)6;/h7-8,16H,1-6H3,(H,17,18);. The van der Waals surface area contributed by atoms with Gasteiger partial charge in [-0.3, -0.25) is 0 Å². The van der Waals surface area contributed by atoms with Crippen LogP contribution in [0, 0.1) is 0 Å². The molecule has 0 fully saturated rings. The molecule has 1 aromatic rings. The van der Waals surface area contributed by atoms with Crippen molar-refractivity contribution >= 4 is 5.97 Å². The van der Waals surface area contributed by atoms with Gasteiger partial charge in [-0.1, -0.05) is 47.6 Å². The van der Waals surface area contributed by atoms with Gasteiger partial charge >= 0.3 is 5.97 Å². The Morgan fingerprint density at radius 2 is 1.47 bits per heavy atom. The molecule has 0 aliphatic carbocycles. The van der Waals surface area contributed by atoms with E-state index in [4.69, 9.17) is 0 Å². The van der Waals surface area contributed by atoms with Crippen LogP contribution in [0.2, 0.25) is 0 Å². The molecule has 0 atom stereocenters. The quantitative estimate of drug-likeness (QED) is 0.710. The van der Waals surface area contributed by atoms with E-state index >= 15 is 0 Å². The molecule has 0 aliphatic rings. The van der Waals surface area contributed by atoms with Crippen molar-refractivity contribution in [1.82, 2.24) is 0 Å². The Morgan fingerprint density at radius 1 is 1.00 bits per heavy atom. The Bertz CT molecular complexity index is 479. The van der Waals surface area contributed by atoms with E-state index in [9.17, 15) is 15.0 Å². The SMILES string of the molecule is CC(C)(C)c1cc(C(=O)O)c(O)c(C(C)(C)C)c1.[W]. The number of aromatic hydroxyl groups is 1. The predicted molar refractivity (Wildman–Crippen MR) is 72.5 cm³/mol. The summed E-state index contributed by atoms with van der Waals surface area (Å²) in [6.45, 7) is 12.0. The van der Waals surface area contributed by atoms with Crippen LogP contribution >= 0.6 is 0 Å². The van der Waals surface area contributed by atoms with E-state index in [0.717, 1.165) is 5.56 Å². The first kappa shape index (κ1) is 18.2. The number of benzene rings is 1. The second-order valence-electron chi connectivity index (χ2n) is 6.73. The number of carbonyl (C=O) groups is 1. The second-order valence-corrected chi connectivity index (χ2v) is 6.73. The molecule has 19 heavy (non-hydrogen) atoms. The Balaban J connectivity index is 0.00000324. The Morgan fingerprint density at radius 3 is 1.79 bits per heavy atom. The average molecular weight is 434 g/mol. The van der Waals surface area contributed by atoms with E-state index in [1.807, 2.05) is 47.6 Å². The van der Waals surface area contributed by atoms with E-state index in [1.54, 1.807) is 6.07 Å². The van der Waals surface area contributed by atoms with Crippen LogP contribution in [0.25, 0.3) is 0 Å². The van der Waals surface area contributed by atoms with Gasteiger partial charge in [0, 0.05) is 26.6 Å². The molecule has 0 saturated heterocycles. The van der Waals surface area contributed by atoms with Crippen molar-refractivity contribution in [1.29, 1.82) is 0 Å². The molecule has 0 radical (unpaired) electrons. The van der Waals surface area contributed by atoms with Crippen molar-refractivity contribution in [3.8, 4) is 5.75 Å². The fourth-order valence-electron chi connectivity index (χ4n) is 1.80. The summed E-state index contributed by atoms with van der Waals surface area (Å²) < 4.78 is 0. The number of hydrogen-bond acceptors (Lipinski definition) is 2. The van der Waals surface area contributed by atoms with Crippen LogP contribution in [-0.2, 0) is 31.9 Å². The van der Waals surface area contributed by atoms with Crippen molar-refractivity contribution in [2.75, 3.05) is 0 Å². The summed E-state index contributed by atoms with van der Waals surface area (Å²) >= 11 is 0. The number of aromatic carboxylic acids is 1. The zero-order valence-corrected chi connectivity index (χ0v) is 15.3. The smallest absolute Gasteiger partial charge is 0.339 e. The van der Waals surface area contributed by atoms with Crippen LogP contribution in [0.4, 0.5) is 0 Å². The Labute approximate surface area is 129 Å². The summed E-state index contributed by atoms with van der Waals surface area (Å²) in [6.07, 6.45) is 0. The third-order valence-corrected chi connectivity index (χ3v) is 3.01. The van der Waals surface area contributed by atoms with Crippen LogP contribution < -0.4 is 0 Å². The summed E-state index contributed by atoms with van der Waals surface area (Å²) in [5.41, 5.74) is 1.12. The maximum absolute atomic E-state index is 11.2. The third kappa shape index (κ3) is 4.07. The molecule has 0 heterocycles. The number of hydrogen-bond donors (Lipinski definition) is 2. The van der Waals surface area contributed by atoms with E-state index < -0.39 is 5.97 Å². The van der Waals surface area contributed by atoms with Crippen molar-refractivity contribution in [2.24, 2.45) is 0 Å². The molecule has 0 amide bonds. The second kappa shape index (κ2) is 5.66. The molecule has 4 heteroatoms. The third-order valence-electron chi connectivity index (χ3n) is 3.01. The van der Waals surface area contributed by atoms with Gasteiger partial charge in [0.05, 0.1) is 0 Å². The molecule has 0 unspecified atom stereocenters. The molecule has 0 saturated carbocycles. The normalized spacial score (nSPS) is 11.9. The largest absolute Gasteiger partial charge is 0.507 e. The zero-order chi connectivity index (χ0) is 14.3. The minimum atomic E-state index is -1.09. The van der Waals surface area contributed by atoms with Crippen LogP contribution in [-0.4, -0.2) is 16.2 Å². The monoisotopic (exact) mass is 434 g/mol. The van der Waals surface area contributed by atoms with Gasteiger partial charge in [0.25, 0.3) is 0 Å². The summed E-state index contributed by atoms with van der Waals surface area (Å²) in [5, 5.41) is 19.3. The molecular weight excluding hydrogens is 412 g/mol. The van der Waals surface area contributed by atoms with Crippen LogP contribution in [0.3, 0.4) is 0 Å². The van der Waals surface area contributed by atoms with Crippen molar-refractivity contribution in [2.45, 2.75) is 52.4 Å². The van der Waals surface area contributed by atoms with E-state index in [-0.39, 0.29) is 43.2 Å². The van der Waals surface area contributed by atoms with Gasteiger partial charge in [-0.2, -0.15) is 0 Å². The van der Waals surface area contributed by atoms with Gasteiger partial charge in [0.1, 0.15) is 11.3 Å². The summed E-state index contributed by atoms with van der Waals surface area (Å²) in [6, 6.07) is 3.47. The molecule has 106 valence electrons. The van der Waals surface area contributed by atoms with Crippen molar-refractivity contribution in [3.63, 3.8) is 0 Å². The van der Waals surface area contributed by atoms with E-state index in [2.05, 4.69) is 0 Å². The number of carboxylic acid groups (broad SMARTS) is 1. The summed E-state index contributed by atoms with van der Waals surface area (Å²) in [4.78, 5) is 11.2.